The molecule has 0 bridgehead atoms. The predicted molar refractivity (Wildman–Crippen MR) is 74.2 cm³/mol. The van der Waals surface area contributed by atoms with E-state index in [4.69, 9.17) is 0 Å². The minimum atomic E-state index is -0.000365. The maximum absolute atomic E-state index is 12.6. The van der Waals surface area contributed by atoms with E-state index in [1.807, 2.05) is 24.8 Å². The Hall–Kier alpha value is -0.870. The number of likely N-dealkylation sites (tertiary alicyclic amines) is 1. The molecule has 0 spiro atoms. The fourth-order valence-corrected chi connectivity index (χ4v) is 3.55. The van der Waals surface area contributed by atoms with Crippen molar-refractivity contribution in [2.24, 2.45) is 0 Å². The number of aryl methyl sites for hydroxylation is 2. The lowest BCUT2D eigenvalue weighted by atomic mass is 10.1. The van der Waals surface area contributed by atoms with Crippen LogP contribution in [0.5, 0.6) is 0 Å². The van der Waals surface area contributed by atoms with Gasteiger partial charge in [0.05, 0.1) is 18.2 Å². The molecule has 1 amide bonds. The van der Waals surface area contributed by atoms with Gasteiger partial charge < -0.3 is 10.0 Å². The number of hydrogen-bond donors (Lipinski definition) is 1. The number of carbonyl (C=O) groups is 1. The van der Waals surface area contributed by atoms with Crippen molar-refractivity contribution >= 4 is 17.2 Å². The lowest BCUT2D eigenvalue weighted by molar-refractivity contribution is 0.0599. The zero-order chi connectivity index (χ0) is 13.1. The molecule has 0 saturated carbocycles. The fraction of sp³-hybridized carbons (Fsp3) is 0.643. The summed E-state index contributed by atoms with van der Waals surface area (Å²) < 4.78 is 0. The van der Waals surface area contributed by atoms with E-state index >= 15 is 0 Å². The molecule has 0 aliphatic carbocycles. The van der Waals surface area contributed by atoms with Gasteiger partial charge in [0.2, 0.25) is 0 Å². The summed E-state index contributed by atoms with van der Waals surface area (Å²) in [5.74, 6) is 0.0952. The maximum Gasteiger partial charge on any atom is 0.255 e. The van der Waals surface area contributed by atoms with Crippen LogP contribution in [0, 0.1) is 13.8 Å². The molecule has 2 heterocycles. The van der Waals surface area contributed by atoms with Crippen molar-refractivity contribution in [2.75, 3.05) is 13.2 Å². The molecule has 18 heavy (non-hydrogen) atoms. The third-order valence-corrected chi connectivity index (χ3v) is 4.59. The molecule has 3 nitrogen and oxygen atoms in total. The van der Waals surface area contributed by atoms with Gasteiger partial charge in [0.1, 0.15) is 0 Å². The normalized spacial score (nSPS) is 20.8. The summed E-state index contributed by atoms with van der Waals surface area (Å²) in [4.78, 5) is 16.7. The van der Waals surface area contributed by atoms with Gasteiger partial charge in [0.25, 0.3) is 5.91 Å². The summed E-state index contributed by atoms with van der Waals surface area (Å²) in [6.45, 7) is 4.88. The van der Waals surface area contributed by atoms with Crippen molar-refractivity contribution in [3.63, 3.8) is 0 Å². The molecule has 0 aromatic carbocycles. The van der Waals surface area contributed by atoms with Crippen LogP contribution >= 0.6 is 11.3 Å². The monoisotopic (exact) mass is 267 g/mol. The van der Waals surface area contributed by atoms with Gasteiger partial charge in [-0.3, -0.25) is 4.79 Å². The number of aliphatic hydroxyl groups is 1. The SMILES string of the molecule is Cc1cc(C(=O)N2CCCCCC2CO)c(C)s1. The summed E-state index contributed by atoms with van der Waals surface area (Å²) in [7, 11) is 0. The van der Waals surface area contributed by atoms with E-state index in [0.29, 0.717) is 0 Å². The molecule has 4 heteroatoms. The molecule has 1 aliphatic heterocycles. The number of thiophene rings is 1. The van der Waals surface area contributed by atoms with Crippen LogP contribution < -0.4 is 0 Å². The van der Waals surface area contributed by atoms with Gasteiger partial charge in [-0.15, -0.1) is 11.3 Å². The summed E-state index contributed by atoms with van der Waals surface area (Å²) in [5, 5.41) is 9.47. The second-order valence-corrected chi connectivity index (χ2v) is 6.47. The molecule has 1 aromatic rings. The van der Waals surface area contributed by atoms with E-state index in [-0.39, 0.29) is 18.6 Å². The Morgan fingerprint density at radius 2 is 2.22 bits per heavy atom. The van der Waals surface area contributed by atoms with Crippen LogP contribution in [-0.2, 0) is 0 Å². The molecule has 1 fully saturated rings. The van der Waals surface area contributed by atoms with Crippen LogP contribution in [0.25, 0.3) is 0 Å². The third kappa shape index (κ3) is 2.75. The average molecular weight is 267 g/mol. The largest absolute Gasteiger partial charge is 0.394 e. The van der Waals surface area contributed by atoms with Gasteiger partial charge in [-0.25, -0.2) is 0 Å². The van der Waals surface area contributed by atoms with Crippen LogP contribution in [-0.4, -0.2) is 35.1 Å². The number of aliphatic hydroxyl groups excluding tert-OH is 1. The Labute approximate surface area is 112 Å². The average Bonchev–Trinajstić information content (AvgIpc) is 2.56. The van der Waals surface area contributed by atoms with Crippen LogP contribution in [0.2, 0.25) is 0 Å². The van der Waals surface area contributed by atoms with Crippen LogP contribution in [0.4, 0.5) is 0 Å². The topological polar surface area (TPSA) is 40.5 Å². The molecule has 2 rings (SSSR count). The highest BCUT2D eigenvalue weighted by Gasteiger charge is 2.27. The zero-order valence-corrected chi connectivity index (χ0v) is 11.9. The van der Waals surface area contributed by atoms with Gasteiger partial charge in [-0.1, -0.05) is 12.8 Å². The van der Waals surface area contributed by atoms with Crippen molar-refractivity contribution in [3.05, 3.63) is 21.4 Å². The van der Waals surface area contributed by atoms with E-state index in [1.54, 1.807) is 11.3 Å². The first-order valence-corrected chi connectivity index (χ1v) is 7.44. The van der Waals surface area contributed by atoms with Gasteiger partial charge in [0, 0.05) is 16.3 Å². The van der Waals surface area contributed by atoms with Gasteiger partial charge in [0.15, 0.2) is 0 Å². The number of amides is 1. The smallest absolute Gasteiger partial charge is 0.255 e. The van der Waals surface area contributed by atoms with Gasteiger partial charge >= 0.3 is 0 Å². The molecule has 100 valence electrons. The van der Waals surface area contributed by atoms with Gasteiger partial charge in [-0.05, 0) is 32.8 Å². The quantitative estimate of drug-likeness (QED) is 0.895. The first kappa shape index (κ1) is 13.6. The second-order valence-electron chi connectivity index (χ2n) is 5.01. The van der Waals surface area contributed by atoms with Crippen molar-refractivity contribution in [1.29, 1.82) is 0 Å². The summed E-state index contributed by atoms with van der Waals surface area (Å²) in [6, 6.07) is 1.97. The highest BCUT2D eigenvalue weighted by Crippen LogP contribution is 2.25. The minimum Gasteiger partial charge on any atom is -0.394 e. The van der Waals surface area contributed by atoms with Gasteiger partial charge in [-0.2, -0.15) is 0 Å². The summed E-state index contributed by atoms with van der Waals surface area (Å²) >= 11 is 1.67. The van der Waals surface area contributed by atoms with Crippen LogP contribution in [0.15, 0.2) is 6.07 Å². The maximum atomic E-state index is 12.6. The number of rotatable bonds is 2. The van der Waals surface area contributed by atoms with Crippen molar-refractivity contribution in [1.82, 2.24) is 4.90 Å². The Morgan fingerprint density at radius 1 is 1.44 bits per heavy atom. The molecular weight excluding hydrogens is 246 g/mol. The first-order chi connectivity index (χ1) is 8.63. The Balaban J connectivity index is 2.22. The van der Waals surface area contributed by atoms with Crippen molar-refractivity contribution in [3.8, 4) is 0 Å². The summed E-state index contributed by atoms with van der Waals surface area (Å²) in [6.07, 6.45) is 4.23. The lowest BCUT2D eigenvalue weighted by Crippen LogP contribution is -2.42. The second kappa shape index (κ2) is 5.85. The predicted octanol–water partition coefficient (Wildman–Crippen LogP) is 2.74. The van der Waals surface area contributed by atoms with Crippen molar-refractivity contribution in [2.45, 2.75) is 45.6 Å². The molecule has 1 aromatic heterocycles. The van der Waals surface area contributed by atoms with E-state index in [1.165, 1.54) is 4.88 Å². The van der Waals surface area contributed by atoms with Crippen LogP contribution in [0.1, 0.15) is 45.8 Å². The number of carbonyl (C=O) groups excluding carboxylic acids is 1. The molecule has 1 unspecified atom stereocenters. The molecular formula is C14H21NO2S. The van der Waals surface area contributed by atoms with E-state index in [0.717, 1.165) is 42.7 Å². The molecule has 1 N–H and O–H groups in total. The Kier molecular flexibility index (Phi) is 4.40. The molecule has 0 radical (unpaired) electrons. The highest BCUT2D eigenvalue weighted by molar-refractivity contribution is 7.12. The van der Waals surface area contributed by atoms with Crippen molar-refractivity contribution < 1.29 is 9.90 Å². The van der Waals surface area contributed by atoms with E-state index < -0.39 is 0 Å². The highest BCUT2D eigenvalue weighted by atomic mass is 32.1. The zero-order valence-electron chi connectivity index (χ0n) is 11.1. The third-order valence-electron chi connectivity index (χ3n) is 3.62. The first-order valence-electron chi connectivity index (χ1n) is 6.62. The molecule has 1 atom stereocenters. The molecule has 1 saturated heterocycles. The summed E-state index contributed by atoms with van der Waals surface area (Å²) in [5.41, 5.74) is 0.817. The Morgan fingerprint density at radius 3 is 2.83 bits per heavy atom. The van der Waals surface area contributed by atoms with Crippen LogP contribution in [0.3, 0.4) is 0 Å². The number of nitrogens with zero attached hydrogens (tertiary/aromatic N) is 1. The van der Waals surface area contributed by atoms with E-state index in [9.17, 15) is 9.90 Å². The fourth-order valence-electron chi connectivity index (χ4n) is 2.63. The molecule has 1 aliphatic rings. The Bertz CT molecular complexity index is 427. The minimum absolute atomic E-state index is 0.000365. The van der Waals surface area contributed by atoms with E-state index in [2.05, 4.69) is 0 Å². The standard InChI is InChI=1S/C14H21NO2S/c1-10-8-13(11(2)18-10)14(17)15-7-5-3-4-6-12(15)9-16/h8,12,16H,3-7,9H2,1-2H3. The number of hydrogen-bond acceptors (Lipinski definition) is 3. The lowest BCUT2D eigenvalue weighted by Gasteiger charge is -2.28.